The molecule has 8 heteroatoms. The van der Waals surface area contributed by atoms with E-state index in [1.165, 1.54) is 10.1 Å². The summed E-state index contributed by atoms with van der Waals surface area (Å²) in [6.07, 6.45) is 1.67. The van der Waals surface area contributed by atoms with Crippen molar-refractivity contribution in [1.82, 2.24) is 20.0 Å². The summed E-state index contributed by atoms with van der Waals surface area (Å²) in [6, 6.07) is 15.5. The van der Waals surface area contributed by atoms with E-state index in [9.17, 15) is 9.59 Å². The summed E-state index contributed by atoms with van der Waals surface area (Å²) in [6.45, 7) is 2.48. The largest absolute Gasteiger partial charge is 0.420 e. The summed E-state index contributed by atoms with van der Waals surface area (Å²) in [5.41, 5.74) is 3.35. The van der Waals surface area contributed by atoms with Crippen LogP contribution in [0.2, 0.25) is 0 Å². The van der Waals surface area contributed by atoms with E-state index < -0.39 is 11.7 Å². The SMILES string of the molecule is Cc1ccc2oc(=O)n(Cc3noc(C(=O)NCCCc4ccccc4)n3)c2c1. The molecule has 0 aliphatic rings. The number of nitrogens with zero attached hydrogens (tertiary/aromatic N) is 3. The topological polar surface area (TPSA) is 103 Å². The predicted molar refractivity (Wildman–Crippen MR) is 106 cm³/mol. The number of carbonyl (C=O) groups is 1. The average molecular weight is 392 g/mol. The summed E-state index contributed by atoms with van der Waals surface area (Å²) in [5.74, 6) is -0.846. The van der Waals surface area contributed by atoms with E-state index in [-0.39, 0.29) is 18.3 Å². The number of aromatic nitrogens is 3. The normalized spacial score (nSPS) is 11.1. The maximum absolute atomic E-state index is 12.2. The second-order valence-corrected chi connectivity index (χ2v) is 6.79. The molecule has 2 aromatic heterocycles. The maximum atomic E-state index is 12.2. The van der Waals surface area contributed by atoms with E-state index in [1.807, 2.05) is 37.3 Å². The van der Waals surface area contributed by atoms with E-state index in [2.05, 4.69) is 27.6 Å². The van der Waals surface area contributed by atoms with Crippen LogP contribution in [0.15, 0.2) is 62.3 Å². The quantitative estimate of drug-likeness (QED) is 0.485. The van der Waals surface area contributed by atoms with Crippen LogP contribution in [0.1, 0.15) is 34.1 Å². The Morgan fingerprint density at radius 1 is 1.17 bits per heavy atom. The highest BCUT2D eigenvalue weighted by molar-refractivity contribution is 5.89. The second kappa shape index (κ2) is 8.14. The zero-order valence-electron chi connectivity index (χ0n) is 15.9. The lowest BCUT2D eigenvalue weighted by Crippen LogP contribution is -2.25. The van der Waals surface area contributed by atoms with Crippen molar-refractivity contribution in [3.05, 3.63) is 81.9 Å². The number of oxazole rings is 1. The summed E-state index contributed by atoms with van der Waals surface area (Å²) >= 11 is 0. The van der Waals surface area contributed by atoms with Gasteiger partial charge >= 0.3 is 17.6 Å². The van der Waals surface area contributed by atoms with Gasteiger partial charge in [0.1, 0.15) is 0 Å². The average Bonchev–Trinajstić information content (AvgIpc) is 3.31. The molecular weight excluding hydrogens is 372 g/mol. The number of benzene rings is 2. The van der Waals surface area contributed by atoms with Crippen molar-refractivity contribution < 1.29 is 13.7 Å². The van der Waals surface area contributed by atoms with Crippen LogP contribution in [0.3, 0.4) is 0 Å². The van der Waals surface area contributed by atoms with Crippen molar-refractivity contribution in [3.63, 3.8) is 0 Å². The first-order chi connectivity index (χ1) is 14.1. The summed E-state index contributed by atoms with van der Waals surface area (Å²) in [4.78, 5) is 28.4. The minimum Gasteiger partial charge on any atom is -0.408 e. The Morgan fingerprint density at radius 3 is 2.83 bits per heavy atom. The van der Waals surface area contributed by atoms with Gasteiger partial charge in [-0.2, -0.15) is 4.98 Å². The molecule has 0 aliphatic heterocycles. The van der Waals surface area contributed by atoms with Gasteiger partial charge in [0.15, 0.2) is 11.4 Å². The van der Waals surface area contributed by atoms with Gasteiger partial charge in [0.25, 0.3) is 0 Å². The Kier molecular flexibility index (Phi) is 5.24. The van der Waals surface area contributed by atoms with E-state index >= 15 is 0 Å². The second-order valence-electron chi connectivity index (χ2n) is 6.79. The Labute approximate surface area is 166 Å². The molecule has 0 saturated carbocycles. The van der Waals surface area contributed by atoms with Crippen molar-refractivity contribution in [2.24, 2.45) is 0 Å². The van der Waals surface area contributed by atoms with Crippen molar-refractivity contribution in [2.75, 3.05) is 6.54 Å². The molecule has 29 heavy (non-hydrogen) atoms. The van der Waals surface area contributed by atoms with E-state index in [0.717, 1.165) is 18.4 Å². The third-order valence-electron chi connectivity index (χ3n) is 4.56. The van der Waals surface area contributed by atoms with Crippen LogP contribution in [0.5, 0.6) is 0 Å². The number of aryl methyl sites for hydroxylation is 2. The van der Waals surface area contributed by atoms with E-state index in [1.54, 1.807) is 6.07 Å². The van der Waals surface area contributed by atoms with Gasteiger partial charge in [-0.15, -0.1) is 0 Å². The molecule has 2 heterocycles. The molecular formula is C21H20N4O4. The van der Waals surface area contributed by atoms with Gasteiger partial charge < -0.3 is 14.3 Å². The minimum atomic E-state index is -0.512. The van der Waals surface area contributed by atoms with Gasteiger partial charge in [-0.05, 0) is 43.0 Å². The van der Waals surface area contributed by atoms with Gasteiger partial charge in [-0.3, -0.25) is 9.36 Å². The standard InChI is InChI=1S/C21H20N4O4/c1-14-9-10-17-16(12-14)25(21(27)28-17)13-18-23-20(29-24-18)19(26)22-11-5-8-15-6-3-2-4-7-15/h2-4,6-7,9-10,12H,5,8,11,13H2,1H3,(H,22,26). The van der Waals surface area contributed by atoms with Gasteiger partial charge in [-0.1, -0.05) is 41.6 Å². The molecule has 0 unspecified atom stereocenters. The van der Waals surface area contributed by atoms with Crippen molar-refractivity contribution in [1.29, 1.82) is 0 Å². The van der Waals surface area contributed by atoms with E-state index in [0.29, 0.717) is 17.6 Å². The van der Waals surface area contributed by atoms with Gasteiger partial charge in [0.05, 0.1) is 12.1 Å². The van der Waals surface area contributed by atoms with Gasteiger partial charge in [0.2, 0.25) is 0 Å². The zero-order chi connectivity index (χ0) is 20.2. The molecule has 0 fully saturated rings. The van der Waals surface area contributed by atoms with Crippen molar-refractivity contribution in [2.45, 2.75) is 26.3 Å². The van der Waals surface area contributed by atoms with Crippen molar-refractivity contribution in [3.8, 4) is 0 Å². The Morgan fingerprint density at radius 2 is 2.00 bits per heavy atom. The Balaban J connectivity index is 1.37. The molecule has 0 bridgehead atoms. The van der Waals surface area contributed by atoms with Crippen molar-refractivity contribution >= 4 is 17.0 Å². The van der Waals surface area contributed by atoms with Crippen LogP contribution in [-0.2, 0) is 13.0 Å². The first kappa shape index (κ1) is 18.7. The number of hydrogen-bond acceptors (Lipinski definition) is 6. The molecule has 148 valence electrons. The van der Waals surface area contributed by atoms with Gasteiger partial charge in [0, 0.05) is 6.54 Å². The Bertz CT molecular complexity index is 1190. The van der Waals surface area contributed by atoms with Crippen LogP contribution in [0, 0.1) is 6.92 Å². The zero-order valence-corrected chi connectivity index (χ0v) is 15.9. The fourth-order valence-corrected chi connectivity index (χ4v) is 3.09. The summed E-state index contributed by atoms with van der Waals surface area (Å²) < 4.78 is 11.7. The molecule has 4 aromatic rings. The molecule has 8 nitrogen and oxygen atoms in total. The van der Waals surface area contributed by atoms with E-state index in [4.69, 9.17) is 8.94 Å². The van der Waals surface area contributed by atoms with Crippen LogP contribution in [-0.4, -0.2) is 27.2 Å². The monoisotopic (exact) mass is 392 g/mol. The lowest BCUT2D eigenvalue weighted by atomic mass is 10.1. The summed E-state index contributed by atoms with van der Waals surface area (Å²) in [7, 11) is 0. The third-order valence-corrected chi connectivity index (χ3v) is 4.56. The lowest BCUT2D eigenvalue weighted by Gasteiger charge is -2.02. The van der Waals surface area contributed by atoms with Gasteiger partial charge in [-0.25, -0.2) is 4.79 Å². The molecule has 0 saturated heterocycles. The van der Waals surface area contributed by atoms with Crippen LogP contribution < -0.4 is 11.1 Å². The first-order valence-corrected chi connectivity index (χ1v) is 9.35. The fraction of sp³-hybridized carbons (Fsp3) is 0.238. The number of fused-ring (bicyclic) bond motifs is 1. The lowest BCUT2D eigenvalue weighted by molar-refractivity contribution is 0.0909. The molecule has 0 spiro atoms. The fourth-order valence-electron chi connectivity index (χ4n) is 3.09. The number of nitrogens with one attached hydrogen (secondary N) is 1. The summed E-state index contributed by atoms with van der Waals surface area (Å²) in [5, 5.41) is 6.58. The molecule has 4 rings (SSSR count). The molecule has 0 radical (unpaired) electrons. The molecule has 0 atom stereocenters. The van der Waals surface area contributed by atoms with Crippen LogP contribution in [0.25, 0.3) is 11.1 Å². The third kappa shape index (κ3) is 4.26. The number of carbonyl (C=O) groups excluding carboxylic acids is 1. The highest BCUT2D eigenvalue weighted by atomic mass is 16.5. The number of rotatable bonds is 7. The first-order valence-electron chi connectivity index (χ1n) is 9.35. The number of amides is 1. The molecule has 2 aromatic carbocycles. The molecule has 0 aliphatic carbocycles. The Hall–Kier alpha value is -3.68. The number of hydrogen-bond donors (Lipinski definition) is 1. The highest BCUT2D eigenvalue weighted by Crippen LogP contribution is 2.15. The predicted octanol–water partition coefficient (Wildman–Crippen LogP) is 2.70. The molecule has 1 N–H and O–H groups in total. The van der Waals surface area contributed by atoms with Crippen LogP contribution in [0.4, 0.5) is 0 Å². The maximum Gasteiger partial charge on any atom is 0.420 e. The smallest absolute Gasteiger partial charge is 0.408 e. The minimum absolute atomic E-state index is 0.0556. The molecule has 1 amide bonds. The highest BCUT2D eigenvalue weighted by Gasteiger charge is 2.17. The van der Waals surface area contributed by atoms with Crippen LogP contribution >= 0.6 is 0 Å².